The summed E-state index contributed by atoms with van der Waals surface area (Å²) < 4.78 is 6.18. The fourth-order valence-electron chi connectivity index (χ4n) is 3.97. The third-order valence-electron chi connectivity index (χ3n) is 5.53. The second-order valence-corrected chi connectivity index (χ2v) is 7.13. The van der Waals surface area contributed by atoms with Crippen molar-refractivity contribution in [2.24, 2.45) is 0 Å². The Kier molecular flexibility index (Phi) is 5.72. The Labute approximate surface area is 164 Å². The lowest BCUT2D eigenvalue weighted by atomic mass is 10.0. The fraction of sp³-hybridized carbons (Fsp3) is 0.526. The quantitative estimate of drug-likeness (QED) is 0.784. The smallest absolute Gasteiger partial charge is 0.255 e. The summed E-state index contributed by atoms with van der Waals surface area (Å²) in [5.41, 5.74) is 1.45. The number of carbonyl (C=O) groups excluding carboxylic acids is 3. The molecule has 4 rings (SSSR count). The molecule has 0 aromatic heterocycles. The summed E-state index contributed by atoms with van der Waals surface area (Å²) in [5.74, 6) is 0.0865. The number of nitrogens with zero attached hydrogens (tertiary/aromatic N) is 2. The van der Waals surface area contributed by atoms with Gasteiger partial charge in [-0.1, -0.05) is 6.07 Å². The van der Waals surface area contributed by atoms with Crippen LogP contribution in [0.25, 0.3) is 0 Å². The summed E-state index contributed by atoms with van der Waals surface area (Å²) in [6.45, 7) is 2.22. The van der Waals surface area contributed by atoms with E-state index in [0.717, 1.165) is 42.1 Å². The van der Waals surface area contributed by atoms with Gasteiger partial charge >= 0.3 is 0 Å². The lowest BCUT2D eigenvalue weighted by Gasteiger charge is -2.33. The van der Waals surface area contributed by atoms with Crippen molar-refractivity contribution in [3.63, 3.8) is 0 Å². The van der Waals surface area contributed by atoms with Gasteiger partial charge in [0.15, 0.2) is 0 Å². The molecule has 0 spiro atoms. The van der Waals surface area contributed by atoms with E-state index in [1.54, 1.807) is 11.0 Å². The molecule has 3 heterocycles. The van der Waals surface area contributed by atoms with Gasteiger partial charge in [-0.25, -0.2) is 0 Å². The van der Waals surface area contributed by atoms with E-state index >= 15 is 0 Å². The van der Waals surface area contributed by atoms with Crippen molar-refractivity contribution < 1.29 is 19.1 Å². The molecule has 3 aliphatic rings. The van der Waals surface area contributed by atoms with Crippen LogP contribution in [0.2, 0.25) is 0 Å². The van der Waals surface area contributed by atoms with E-state index in [1.165, 1.54) is 7.05 Å². The summed E-state index contributed by atoms with van der Waals surface area (Å²) >= 11 is 0. The number of likely N-dealkylation sites (N-methyl/N-ethyl adjacent to an activating group) is 1. The highest BCUT2D eigenvalue weighted by Crippen LogP contribution is 2.35. The molecule has 3 aliphatic heterocycles. The van der Waals surface area contributed by atoms with Crippen molar-refractivity contribution in [1.82, 2.24) is 15.1 Å². The van der Waals surface area contributed by atoms with Crippen molar-refractivity contribution in [2.75, 3.05) is 20.1 Å². The van der Waals surface area contributed by atoms with Crippen molar-refractivity contribution in [3.05, 3.63) is 29.3 Å². The Bertz CT molecular complexity index is 763. The number of amides is 3. The van der Waals surface area contributed by atoms with E-state index in [9.17, 15) is 14.4 Å². The van der Waals surface area contributed by atoms with Crippen LogP contribution >= 0.6 is 12.4 Å². The van der Waals surface area contributed by atoms with Gasteiger partial charge in [0.1, 0.15) is 17.9 Å². The number of hydrogen-bond donors (Lipinski definition) is 1. The maximum Gasteiger partial charge on any atom is 0.255 e. The number of carbonyl (C=O) groups is 3. The van der Waals surface area contributed by atoms with Gasteiger partial charge in [-0.15, -0.1) is 12.4 Å². The highest BCUT2D eigenvalue weighted by molar-refractivity contribution is 6.05. The molecule has 8 heteroatoms. The van der Waals surface area contributed by atoms with Crippen LogP contribution in [0.3, 0.4) is 0 Å². The number of nitrogens with one attached hydrogen (secondary N) is 1. The number of hydrogen-bond acceptors (Lipinski definition) is 5. The van der Waals surface area contributed by atoms with Gasteiger partial charge in [0.05, 0.1) is 6.54 Å². The Hall–Kier alpha value is -2.12. The molecule has 0 radical (unpaired) electrons. The summed E-state index contributed by atoms with van der Waals surface area (Å²) in [5, 5.41) is 3.31. The van der Waals surface area contributed by atoms with Crippen molar-refractivity contribution in [3.8, 4) is 5.75 Å². The maximum absolute atomic E-state index is 12.9. The highest BCUT2D eigenvalue weighted by atomic mass is 35.5. The lowest BCUT2D eigenvalue weighted by Crippen LogP contribution is -2.53. The van der Waals surface area contributed by atoms with Crippen LogP contribution in [0, 0.1) is 0 Å². The van der Waals surface area contributed by atoms with E-state index in [4.69, 9.17) is 4.74 Å². The molecule has 0 bridgehead atoms. The summed E-state index contributed by atoms with van der Waals surface area (Å²) in [6.07, 6.45) is 2.69. The van der Waals surface area contributed by atoms with Crippen molar-refractivity contribution in [2.45, 2.75) is 44.4 Å². The van der Waals surface area contributed by atoms with Crippen molar-refractivity contribution in [1.29, 1.82) is 0 Å². The summed E-state index contributed by atoms with van der Waals surface area (Å²) in [6, 6.07) is 4.93. The molecule has 1 N–H and O–H groups in total. The predicted octanol–water partition coefficient (Wildman–Crippen LogP) is 1.34. The Morgan fingerprint density at radius 3 is 2.59 bits per heavy atom. The fourth-order valence-corrected chi connectivity index (χ4v) is 3.97. The lowest BCUT2D eigenvalue weighted by molar-refractivity contribution is -0.150. The van der Waals surface area contributed by atoms with E-state index in [-0.39, 0.29) is 42.7 Å². The molecule has 3 amide bonds. The second kappa shape index (κ2) is 7.86. The largest absolute Gasteiger partial charge is 0.490 e. The first-order valence-electron chi connectivity index (χ1n) is 9.17. The van der Waals surface area contributed by atoms with Crippen LogP contribution in [0.1, 0.15) is 41.6 Å². The standard InChI is InChI=1S/C19H23N3O4.ClH/c1-21-17(23)6-5-15(19(21)25)22-11-14-13(18(22)24)3-2-4-16(14)26-12-7-9-20-10-8-12;/h2-4,12,15,20H,5-11H2,1H3;1H. The minimum atomic E-state index is -0.579. The summed E-state index contributed by atoms with van der Waals surface area (Å²) in [4.78, 5) is 39.8. The number of piperidine rings is 2. The van der Waals surface area contributed by atoms with Crippen LogP contribution < -0.4 is 10.1 Å². The minimum absolute atomic E-state index is 0. The molecule has 0 aliphatic carbocycles. The molecular weight excluding hydrogens is 370 g/mol. The molecule has 1 atom stereocenters. The van der Waals surface area contributed by atoms with Gasteiger partial charge in [-0.05, 0) is 44.5 Å². The average Bonchev–Trinajstić information content (AvgIpc) is 2.99. The number of likely N-dealkylation sites (tertiary alicyclic amines) is 1. The molecule has 146 valence electrons. The number of fused-ring (bicyclic) bond motifs is 1. The third kappa shape index (κ3) is 3.53. The zero-order valence-corrected chi connectivity index (χ0v) is 16.1. The summed E-state index contributed by atoms with van der Waals surface area (Å²) in [7, 11) is 1.48. The number of rotatable bonds is 3. The van der Waals surface area contributed by atoms with Gasteiger partial charge in [0, 0.05) is 24.6 Å². The molecule has 1 aromatic rings. The van der Waals surface area contributed by atoms with Crippen LogP contribution in [0.15, 0.2) is 18.2 Å². The van der Waals surface area contributed by atoms with E-state index in [2.05, 4.69) is 5.32 Å². The molecule has 2 fully saturated rings. The van der Waals surface area contributed by atoms with Gasteiger partial charge in [0.2, 0.25) is 5.91 Å². The maximum atomic E-state index is 12.9. The average molecular weight is 394 g/mol. The molecule has 2 saturated heterocycles. The SMILES string of the molecule is CN1C(=O)CCC(N2Cc3c(OC4CCNCC4)cccc3C2=O)C1=O.Cl. The topological polar surface area (TPSA) is 79.0 Å². The predicted molar refractivity (Wildman–Crippen MR) is 101 cm³/mol. The molecule has 1 unspecified atom stereocenters. The van der Waals surface area contributed by atoms with Gasteiger partial charge in [0.25, 0.3) is 11.8 Å². The molecule has 1 aromatic carbocycles. The first-order chi connectivity index (χ1) is 12.6. The first kappa shape index (κ1) is 19.6. The van der Waals surface area contributed by atoms with E-state index in [0.29, 0.717) is 18.5 Å². The zero-order valence-electron chi connectivity index (χ0n) is 15.3. The zero-order chi connectivity index (χ0) is 18.3. The highest BCUT2D eigenvalue weighted by Gasteiger charge is 2.42. The molecular formula is C19H24ClN3O4. The van der Waals surface area contributed by atoms with Crippen LogP contribution in [-0.4, -0.2) is 59.8 Å². The van der Waals surface area contributed by atoms with Crippen molar-refractivity contribution >= 4 is 30.1 Å². The number of imide groups is 1. The third-order valence-corrected chi connectivity index (χ3v) is 5.53. The van der Waals surface area contributed by atoms with Crippen LogP contribution in [0.5, 0.6) is 5.75 Å². The normalized spacial score (nSPS) is 23.3. The number of ether oxygens (including phenoxy) is 1. The van der Waals surface area contributed by atoms with Crippen LogP contribution in [-0.2, 0) is 16.1 Å². The first-order valence-corrected chi connectivity index (χ1v) is 9.17. The number of halogens is 1. The van der Waals surface area contributed by atoms with Gasteiger partial charge in [-0.3, -0.25) is 19.3 Å². The number of benzene rings is 1. The van der Waals surface area contributed by atoms with E-state index in [1.807, 2.05) is 12.1 Å². The Morgan fingerprint density at radius 2 is 1.85 bits per heavy atom. The monoisotopic (exact) mass is 393 g/mol. The van der Waals surface area contributed by atoms with Gasteiger partial charge in [-0.2, -0.15) is 0 Å². The second-order valence-electron chi connectivity index (χ2n) is 7.13. The minimum Gasteiger partial charge on any atom is -0.490 e. The Balaban J connectivity index is 0.00000210. The van der Waals surface area contributed by atoms with Crippen LogP contribution in [0.4, 0.5) is 0 Å². The molecule has 0 saturated carbocycles. The molecule has 27 heavy (non-hydrogen) atoms. The Morgan fingerprint density at radius 1 is 1.11 bits per heavy atom. The van der Waals surface area contributed by atoms with Gasteiger partial charge < -0.3 is 15.0 Å². The van der Waals surface area contributed by atoms with E-state index < -0.39 is 6.04 Å². The molecule has 7 nitrogen and oxygen atoms in total.